The predicted molar refractivity (Wildman–Crippen MR) is 63.1 cm³/mol. The number of halogens is 4. The highest BCUT2D eigenvalue weighted by Crippen LogP contribution is 2.36. The summed E-state index contributed by atoms with van der Waals surface area (Å²) in [7, 11) is 0. The van der Waals surface area contributed by atoms with Crippen molar-refractivity contribution in [2.24, 2.45) is 0 Å². The van der Waals surface area contributed by atoms with E-state index < -0.39 is 17.3 Å². The van der Waals surface area contributed by atoms with Gasteiger partial charge < -0.3 is 5.11 Å². The van der Waals surface area contributed by atoms with Crippen LogP contribution in [0.1, 0.15) is 21.6 Å². The van der Waals surface area contributed by atoms with E-state index in [1.54, 1.807) is 6.07 Å². The van der Waals surface area contributed by atoms with Gasteiger partial charge in [-0.2, -0.15) is 13.2 Å². The molecule has 0 saturated carbocycles. The molecule has 0 radical (unpaired) electrons. The average molecular weight is 339 g/mol. The molecule has 1 atom stereocenters. The van der Waals surface area contributed by atoms with Crippen molar-refractivity contribution in [3.05, 3.63) is 44.6 Å². The van der Waals surface area contributed by atoms with E-state index in [1.807, 2.05) is 0 Å². The summed E-state index contributed by atoms with van der Waals surface area (Å²) < 4.78 is 37.8. The first kappa shape index (κ1) is 13.4. The SMILES string of the molecule is OC(c1cncc(Br)c1)c1cnc(C(F)(F)F)s1. The minimum atomic E-state index is -4.49. The van der Waals surface area contributed by atoms with Gasteiger partial charge in [0.25, 0.3) is 0 Å². The van der Waals surface area contributed by atoms with Crippen molar-refractivity contribution in [2.75, 3.05) is 0 Å². The minimum absolute atomic E-state index is 0.127. The average Bonchev–Trinajstić information content (AvgIpc) is 2.77. The maximum atomic E-state index is 12.4. The summed E-state index contributed by atoms with van der Waals surface area (Å²) in [5.41, 5.74) is 0.404. The van der Waals surface area contributed by atoms with Crippen LogP contribution in [0.4, 0.5) is 13.2 Å². The van der Waals surface area contributed by atoms with E-state index in [2.05, 4.69) is 25.9 Å². The summed E-state index contributed by atoms with van der Waals surface area (Å²) in [4.78, 5) is 7.23. The van der Waals surface area contributed by atoms with Gasteiger partial charge in [0.2, 0.25) is 0 Å². The van der Waals surface area contributed by atoms with E-state index in [9.17, 15) is 18.3 Å². The van der Waals surface area contributed by atoms with Crippen molar-refractivity contribution in [3.63, 3.8) is 0 Å². The van der Waals surface area contributed by atoms with Crippen LogP contribution in [0.25, 0.3) is 0 Å². The van der Waals surface area contributed by atoms with Crippen LogP contribution >= 0.6 is 27.3 Å². The molecule has 18 heavy (non-hydrogen) atoms. The van der Waals surface area contributed by atoms with Gasteiger partial charge in [-0.25, -0.2) is 4.98 Å². The molecule has 0 amide bonds. The van der Waals surface area contributed by atoms with E-state index in [0.29, 0.717) is 21.4 Å². The Morgan fingerprint density at radius 2 is 2.00 bits per heavy atom. The fourth-order valence-electron chi connectivity index (χ4n) is 1.29. The van der Waals surface area contributed by atoms with Crippen molar-refractivity contribution in [1.29, 1.82) is 0 Å². The number of aliphatic hydroxyl groups is 1. The number of hydrogen-bond donors (Lipinski definition) is 1. The van der Waals surface area contributed by atoms with Crippen molar-refractivity contribution in [3.8, 4) is 0 Å². The van der Waals surface area contributed by atoms with Gasteiger partial charge in [-0.15, -0.1) is 11.3 Å². The van der Waals surface area contributed by atoms with Crippen LogP contribution in [0.15, 0.2) is 29.1 Å². The summed E-state index contributed by atoms with van der Waals surface area (Å²) in [5, 5.41) is 8.96. The van der Waals surface area contributed by atoms with Crippen LogP contribution in [0, 0.1) is 0 Å². The molecule has 2 aromatic rings. The maximum Gasteiger partial charge on any atom is 0.443 e. The van der Waals surface area contributed by atoms with Crippen LogP contribution in [-0.2, 0) is 6.18 Å². The fourth-order valence-corrected chi connectivity index (χ4v) is 2.47. The number of alkyl halides is 3. The predicted octanol–water partition coefficient (Wildman–Crippen LogP) is 3.40. The zero-order valence-electron chi connectivity index (χ0n) is 8.65. The van der Waals surface area contributed by atoms with Crippen LogP contribution in [-0.4, -0.2) is 15.1 Å². The highest BCUT2D eigenvalue weighted by Gasteiger charge is 2.35. The quantitative estimate of drug-likeness (QED) is 0.912. The third-order valence-electron chi connectivity index (χ3n) is 2.08. The molecule has 0 spiro atoms. The number of nitrogens with zero attached hydrogens (tertiary/aromatic N) is 2. The summed E-state index contributed by atoms with van der Waals surface area (Å²) in [5.74, 6) is 0. The molecule has 0 saturated heterocycles. The monoisotopic (exact) mass is 338 g/mol. The first-order chi connectivity index (χ1) is 8.38. The van der Waals surface area contributed by atoms with Crippen LogP contribution in [0.5, 0.6) is 0 Å². The molecule has 1 unspecified atom stereocenters. The highest BCUT2D eigenvalue weighted by molar-refractivity contribution is 9.10. The molecule has 8 heteroatoms. The number of aliphatic hydroxyl groups excluding tert-OH is 1. The second kappa shape index (κ2) is 4.94. The first-order valence-electron chi connectivity index (χ1n) is 4.69. The summed E-state index contributed by atoms with van der Waals surface area (Å²) in [6, 6.07) is 1.59. The maximum absolute atomic E-state index is 12.4. The smallest absolute Gasteiger partial charge is 0.383 e. The van der Waals surface area contributed by atoms with Gasteiger partial charge in [0.15, 0.2) is 5.01 Å². The molecule has 0 fully saturated rings. The molecule has 2 aromatic heterocycles. The Hall–Kier alpha value is -0.990. The third kappa shape index (κ3) is 2.88. The van der Waals surface area contributed by atoms with Crippen molar-refractivity contribution < 1.29 is 18.3 Å². The van der Waals surface area contributed by atoms with Gasteiger partial charge >= 0.3 is 6.18 Å². The molecule has 96 valence electrons. The Kier molecular flexibility index (Phi) is 3.69. The van der Waals surface area contributed by atoms with Crippen molar-refractivity contribution in [2.45, 2.75) is 12.3 Å². The van der Waals surface area contributed by atoms with Crippen molar-refractivity contribution in [1.82, 2.24) is 9.97 Å². The zero-order valence-corrected chi connectivity index (χ0v) is 11.1. The largest absolute Gasteiger partial charge is 0.443 e. The molecule has 0 aliphatic carbocycles. The summed E-state index contributed by atoms with van der Waals surface area (Å²) in [6.45, 7) is 0. The van der Waals surface area contributed by atoms with Gasteiger partial charge in [-0.1, -0.05) is 0 Å². The van der Waals surface area contributed by atoms with Crippen LogP contribution < -0.4 is 0 Å². The molecule has 0 aliphatic heterocycles. The molecular weight excluding hydrogens is 333 g/mol. The second-order valence-corrected chi connectivity index (χ2v) is 5.38. The van der Waals surface area contributed by atoms with Crippen LogP contribution in [0.3, 0.4) is 0 Å². The highest BCUT2D eigenvalue weighted by atomic mass is 79.9. The molecule has 2 rings (SSSR count). The Morgan fingerprint density at radius 3 is 2.56 bits per heavy atom. The number of pyridine rings is 1. The Morgan fingerprint density at radius 1 is 1.28 bits per heavy atom. The first-order valence-corrected chi connectivity index (χ1v) is 6.30. The Labute approximate surface area is 112 Å². The molecule has 3 nitrogen and oxygen atoms in total. The van der Waals surface area contributed by atoms with Crippen LogP contribution in [0.2, 0.25) is 0 Å². The van der Waals surface area contributed by atoms with E-state index in [4.69, 9.17) is 0 Å². The van der Waals surface area contributed by atoms with E-state index in [0.717, 1.165) is 6.20 Å². The zero-order chi connectivity index (χ0) is 13.3. The Bertz CT molecular complexity index is 558. The lowest BCUT2D eigenvalue weighted by molar-refractivity contribution is -0.137. The molecule has 1 N–H and O–H groups in total. The standard InChI is InChI=1S/C10H6BrF3N2OS/c11-6-1-5(2-15-3-6)8(17)7-4-16-9(18-7)10(12,13)14/h1-4,8,17H. The Balaban J connectivity index is 2.29. The third-order valence-corrected chi connectivity index (χ3v) is 3.61. The second-order valence-electron chi connectivity index (χ2n) is 3.40. The van der Waals surface area contributed by atoms with E-state index >= 15 is 0 Å². The van der Waals surface area contributed by atoms with Gasteiger partial charge in [0, 0.05) is 28.6 Å². The summed E-state index contributed by atoms with van der Waals surface area (Å²) in [6.07, 6.45) is -1.72. The topological polar surface area (TPSA) is 46.0 Å². The van der Waals surface area contributed by atoms with Gasteiger partial charge in [-0.3, -0.25) is 4.98 Å². The fraction of sp³-hybridized carbons (Fsp3) is 0.200. The minimum Gasteiger partial charge on any atom is -0.383 e. The lowest BCUT2D eigenvalue weighted by Crippen LogP contribution is -2.03. The molecule has 0 aromatic carbocycles. The number of rotatable bonds is 2. The lowest BCUT2D eigenvalue weighted by Gasteiger charge is -2.07. The molecule has 2 heterocycles. The summed E-state index contributed by atoms with van der Waals surface area (Å²) >= 11 is 3.59. The van der Waals surface area contributed by atoms with Gasteiger partial charge in [0.1, 0.15) is 6.10 Å². The number of thiazole rings is 1. The molecular formula is C10H6BrF3N2OS. The number of hydrogen-bond acceptors (Lipinski definition) is 4. The normalized spacial score (nSPS) is 13.6. The van der Waals surface area contributed by atoms with Crippen molar-refractivity contribution >= 4 is 27.3 Å². The lowest BCUT2D eigenvalue weighted by atomic mass is 10.1. The van der Waals surface area contributed by atoms with Gasteiger partial charge in [-0.05, 0) is 22.0 Å². The number of aromatic nitrogens is 2. The van der Waals surface area contributed by atoms with E-state index in [-0.39, 0.29) is 4.88 Å². The molecule has 0 aliphatic rings. The van der Waals surface area contributed by atoms with E-state index in [1.165, 1.54) is 12.4 Å². The van der Waals surface area contributed by atoms with Gasteiger partial charge in [0.05, 0.1) is 4.88 Å². The molecule has 0 bridgehead atoms.